The number of aromatic nitrogens is 2. The third-order valence-electron chi connectivity index (χ3n) is 3.20. The topological polar surface area (TPSA) is 47.1 Å². The second-order valence-electron chi connectivity index (χ2n) is 4.10. The molecule has 2 atom stereocenters. The molecule has 2 N–H and O–H groups in total. The summed E-state index contributed by atoms with van der Waals surface area (Å²) >= 11 is 0. The molecule has 4 nitrogen and oxygen atoms in total. The summed E-state index contributed by atoms with van der Waals surface area (Å²) in [6, 6.07) is 0.792. The van der Waals surface area contributed by atoms with Crippen molar-refractivity contribution in [3.63, 3.8) is 0 Å². The van der Waals surface area contributed by atoms with Crippen LogP contribution >= 0.6 is 0 Å². The van der Waals surface area contributed by atoms with Crippen molar-refractivity contribution in [2.24, 2.45) is 12.8 Å². The molecule has 0 aliphatic rings. The molecule has 0 saturated heterocycles. The van der Waals surface area contributed by atoms with Crippen LogP contribution in [0.2, 0.25) is 0 Å². The van der Waals surface area contributed by atoms with Gasteiger partial charge in [0.1, 0.15) is 0 Å². The molecular weight excluding hydrogens is 188 g/mol. The van der Waals surface area contributed by atoms with Crippen molar-refractivity contribution in [3.8, 4) is 0 Å². The molecule has 2 unspecified atom stereocenters. The molecule has 15 heavy (non-hydrogen) atoms. The van der Waals surface area contributed by atoms with Crippen LogP contribution in [0.25, 0.3) is 0 Å². The summed E-state index contributed by atoms with van der Waals surface area (Å²) in [6.45, 7) is 5.04. The summed E-state index contributed by atoms with van der Waals surface area (Å²) in [6.07, 6.45) is 4.85. The fourth-order valence-electron chi connectivity index (χ4n) is 1.78. The van der Waals surface area contributed by atoms with E-state index in [2.05, 4.69) is 30.8 Å². The van der Waals surface area contributed by atoms with Crippen LogP contribution in [0.4, 0.5) is 0 Å². The van der Waals surface area contributed by atoms with E-state index in [-0.39, 0.29) is 6.04 Å². The molecule has 1 aromatic rings. The third kappa shape index (κ3) is 2.58. The maximum atomic E-state index is 5.84. The van der Waals surface area contributed by atoms with E-state index in [0.717, 1.165) is 6.42 Å². The summed E-state index contributed by atoms with van der Waals surface area (Å²) in [7, 11) is 4.13. The lowest BCUT2D eigenvalue weighted by Gasteiger charge is -2.31. The molecule has 0 aliphatic carbocycles. The highest BCUT2D eigenvalue weighted by atomic mass is 15.2. The van der Waals surface area contributed by atoms with Gasteiger partial charge in [-0.15, -0.1) is 0 Å². The molecular formula is C11H22N4. The first-order valence-corrected chi connectivity index (χ1v) is 5.50. The molecule has 1 heterocycles. The number of hydrogen-bond acceptors (Lipinski definition) is 3. The van der Waals surface area contributed by atoms with Crippen LogP contribution in [-0.2, 0) is 7.05 Å². The molecule has 0 spiro atoms. The summed E-state index contributed by atoms with van der Waals surface area (Å²) in [5.41, 5.74) is 7.02. The fourth-order valence-corrected chi connectivity index (χ4v) is 1.78. The molecule has 0 bridgehead atoms. The van der Waals surface area contributed by atoms with E-state index in [4.69, 9.17) is 5.73 Å². The highest BCUT2D eigenvalue weighted by Gasteiger charge is 2.21. The molecule has 0 radical (unpaired) electrons. The highest BCUT2D eigenvalue weighted by Crippen LogP contribution is 2.20. The lowest BCUT2D eigenvalue weighted by molar-refractivity contribution is 0.179. The maximum absolute atomic E-state index is 5.84. The Hall–Kier alpha value is -0.870. The Labute approximate surface area is 92.1 Å². The van der Waals surface area contributed by atoms with Gasteiger partial charge in [0.05, 0.1) is 18.1 Å². The number of hydrogen-bond donors (Lipinski definition) is 1. The second-order valence-corrected chi connectivity index (χ2v) is 4.10. The molecule has 0 amide bonds. The van der Waals surface area contributed by atoms with Crippen molar-refractivity contribution in [2.75, 3.05) is 13.6 Å². The quantitative estimate of drug-likeness (QED) is 0.793. The van der Waals surface area contributed by atoms with E-state index in [9.17, 15) is 0 Å². The van der Waals surface area contributed by atoms with Gasteiger partial charge in [-0.1, -0.05) is 6.92 Å². The van der Waals surface area contributed by atoms with Gasteiger partial charge < -0.3 is 10.3 Å². The average molecular weight is 210 g/mol. The average Bonchev–Trinajstić information content (AvgIpc) is 2.65. The molecule has 0 saturated carbocycles. The van der Waals surface area contributed by atoms with Crippen molar-refractivity contribution in [1.29, 1.82) is 0 Å². The number of nitrogens with zero attached hydrogens (tertiary/aromatic N) is 3. The van der Waals surface area contributed by atoms with E-state index in [1.807, 2.05) is 24.1 Å². The van der Waals surface area contributed by atoms with Crippen LogP contribution in [-0.4, -0.2) is 34.1 Å². The smallest absolute Gasteiger partial charge is 0.0946 e. The van der Waals surface area contributed by atoms with Crippen molar-refractivity contribution >= 4 is 0 Å². The monoisotopic (exact) mass is 210 g/mol. The van der Waals surface area contributed by atoms with E-state index >= 15 is 0 Å². The van der Waals surface area contributed by atoms with Gasteiger partial charge in [-0.25, -0.2) is 4.98 Å². The van der Waals surface area contributed by atoms with Gasteiger partial charge in [0.25, 0.3) is 0 Å². The Balaban J connectivity index is 2.84. The molecule has 4 heteroatoms. The van der Waals surface area contributed by atoms with E-state index in [0.29, 0.717) is 12.6 Å². The zero-order valence-corrected chi connectivity index (χ0v) is 10.1. The van der Waals surface area contributed by atoms with E-state index < -0.39 is 0 Å². The summed E-state index contributed by atoms with van der Waals surface area (Å²) in [4.78, 5) is 6.46. The predicted molar refractivity (Wildman–Crippen MR) is 62.5 cm³/mol. The minimum Gasteiger partial charge on any atom is -0.336 e. The first kappa shape index (κ1) is 12.2. The van der Waals surface area contributed by atoms with Crippen LogP contribution in [0.3, 0.4) is 0 Å². The number of likely N-dealkylation sites (N-methyl/N-ethyl adjacent to an activating group) is 1. The first-order chi connectivity index (χ1) is 7.11. The van der Waals surface area contributed by atoms with Crippen molar-refractivity contribution in [3.05, 3.63) is 18.2 Å². The van der Waals surface area contributed by atoms with Gasteiger partial charge in [-0.3, -0.25) is 4.90 Å². The van der Waals surface area contributed by atoms with Gasteiger partial charge in [0, 0.05) is 25.8 Å². The third-order valence-corrected chi connectivity index (χ3v) is 3.20. The number of rotatable bonds is 5. The van der Waals surface area contributed by atoms with Gasteiger partial charge >= 0.3 is 0 Å². The largest absolute Gasteiger partial charge is 0.336 e. The fraction of sp³-hybridized carbons (Fsp3) is 0.727. The standard InChI is InChI=1S/C11H22N4/c1-5-9(2)15(4)10(6-12)11-7-13-8-14(11)3/h7-10H,5-6,12H2,1-4H3. The Morgan fingerprint density at radius 3 is 2.67 bits per heavy atom. The molecule has 0 aliphatic heterocycles. The van der Waals surface area contributed by atoms with Crippen molar-refractivity contribution < 1.29 is 0 Å². The normalized spacial score (nSPS) is 15.6. The Morgan fingerprint density at radius 2 is 2.27 bits per heavy atom. The lowest BCUT2D eigenvalue weighted by atomic mass is 10.1. The zero-order chi connectivity index (χ0) is 11.4. The summed E-state index contributed by atoms with van der Waals surface area (Å²) < 4.78 is 2.04. The summed E-state index contributed by atoms with van der Waals surface area (Å²) in [5.74, 6) is 0. The van der Waals surface area contributed by atoms with Crippen LogP contribution < -0.4 is 5.73 Å². The SMILES string of the molecule is CCC(C)N(C)C(CN)c1cncn1C. The predicted octanol–water partition coefficient (Wildman–Crippen LogP) is 1.15. The van der Waals surface area contributed by atoms with Crippen LogP contribution in [0, 0.1) is 0 Å². The molecule has 1 aromatic heterocycles. The zero-order valence-electron chi connectivity index (χ0n) is 10.1. The number of aryl methyl sites for hydroxylation is 1. The van der Waals surface area contributed by atoms with Crippen molar-refractivity contribution in [2.45, 2.75) is 32.4 Å². The molecule has 86 valence electrons. The minimum atomic E-state index is 0.257. The lowest BCUT2D eigenvalue weighted by Crippen LogP contribution is -2.37. The first-order valence-electron chi connectivity index (χ1n) is 5.50. The minimum absolute atomic E-state index is 0.257. The molecule has 0 fully saturated rings. The van der Waals surface area contributed by atoms with Gasteiger partial charge in [-0.2, -0.15) is 0 Å². The Kier molecular flexibility index (Phi) is 4.29. The van der Waals surface area contributed by atoms with Crippen molar-refractivity contribution in [1.82, 2.24) is 14.5 Å². The van der Waals surface area contributed by atoms with Crippen LogP contribution in [0.5, 0.6) is 0 Å². The van der Waals surface area contributed by atoms with Crippen LogP contribution in [0.15, 0.2) is 12.5 Å². The highest BCUT2D eigenvalue weighted by molar-refractivity contribution is 5.06. The van der Waals surface area contributed by atoms with Gasteiger partial charge in [0.15, 0.2) is 0 Å². The van der Waals surface area contributed by atoms with Crippen LogP contribution in [0.1, 0.15) is 32.0 Å². The van der Waals surface area contributed by atoms with E-state index in [1.165, 1.54) is 5.69 Å². The van der Waals surface area contributed by atoms with Gasteiger partial charge in [0.2, 0.25) is 0 Å². The second kappa shape index (κ2) is 5.28. The number of imidazole rings is 1. The Bertz CT molecular complexity index is 295. The summed E-state index contributed by atoms with van der Waals surface area (Å²) in [5, 5.41) is 0. The number of nitrogens with two attached hydrogens (primary N) is 1. The molecule has 0 aromatic carbocycles. The Morgan fingerprint density at radius 1 is 1.60 bits per heavy atom. The van der Waals surface area contributed by atoms with Gasteiger partial charge in [-0.05, 0) is 20.4 Å². The van der Waals surface area contributed by atoms with E-state index in [1.54, 1.807) is 0 Å². The molecule has 1 rings (SSSR count). The maximum Gasteiger partial charge on any atom is 0.0946 e.